The van der Waals surface area contributed by atoms with E-state index >= 15 is 0 Å². The molecule has 0 saturated heterocycles. The minimum atomic E-state index is -0.265. The lowest BCUT2D eigenvalue weighted by molar-refractivity contribution is 0.404. The number of nitrogens with one attached hydrogen (secondary N) is 1. The maximum atomic E-state index is 6.01. The number of benzene rings is 1. The minimum absolute atomic E-state index is 0.265. The van der Waals surface area contributed by atoms with Crippen LogP contribution >= 0.6 is 0 Å². The van der Waals surface area contributed by atoms with Crippen molar-refractivity contribution in [3.8, 4) is 5.75 Å². The summed E-state index contributed by atoms with van der Waals surface area (Å²) in [7, 11) is 1.64. The van der Waals surface area contributed by atoms with Gasteiger partial charge in [-0.25, -0.2) is 10.4 Å². The third kappa shape index (κ3) is 2.59. The molecule has 1 aromatic heterocycles. The van der Waals surface area contributed by atoms with E-state index in [-0.39, 0.29) is 6.04 Å². The number of rotatable bonds is 4. The van der Waals surface area contributed by atoms with Gasteiger partial charge in [-0.2, -0.15) is 0 Å². The minimum Gasteiger partial charge on any atom is -0.496 e. The van der Waals surface area contributed by atoms with Crippen LogP contribution in [0.5, 0.6) is 5.75 Å². The van der Waals surface area contributed by atoms with E-state index in [0.717, 1.165) is 28.0 Å². The molecule has 0 aliphatic heterocycles. The number of hydrazine groups is 1. The van der Waals surface area contributed by atoms with Crippen LogP contribution in [0, 0.1) is 13.8 Å². The van der Waals surface area contributed by atoms with Gasteiger partial charge < -0.3 is 10.5 Å². The quantitative estimate of drug-likeness (QED) is 0.584. The van der Waals surface area contributed by atoms with Crippen LogP contribution in [0.25, 0.3) is 0 Å². The van der Waals surface area contributed by atoms with Crippen molar-refractivity contribution in [1.82, 2.24) is 10.4 Å². The van der Waals surface area contributed by atoms with Crippen LogP contribution in [0.1, 0.15) is 28.3 Å². The summed E-state index contributed by atoms with van der Waals surface area (Å²) in [6.07, 6.45) is 1.69. The van der Waals surface area contributed by atoms with E-state index in [4.69, 9.17) is 16.3 Å². The Balaban J connectivity index is 2.58. The van der Waals surface area contributed by atoms with E-state index in [9.17, 15) is 0 Å². The molecule has 20 heavy (non-hydrogen) atoms. The molecule has 5 N–H and O–H groups in total. The summed E-state index contributed by atoms with van der Waals surface area (Å²) in [5, 5.41) is 0. The highest BCUT2D eigenvalue weighted by Gasteiger charge is 2.21. The lowest BCUT2D eigenvalue weighted by Gasteiger charge is -2.22. The van der Waals surface area contributed by atoms with Gasteiger partial charge in [0.15, 0.2) is 0 Å². The standard InChI is InChI=1S/C15H20N4O/c1-9-4-5-11(12(8-9)20-3)14(19-17)13-10(2)6-7-18-15(13)16/h4-8,14,19H,17H2,1-3H3,(H2,16,18). The molecule has 5 nitrogen and oxygen atoms in total. The van der Waals surface area contributed by atoms with E-state index in [1.165, 1.54) is 0 Å². The first-order valence-corrected chi connectivity index (χ1v) is 6.40. The number of nitrogens with two attached hydrogens (primary N) is 2. The molecular formula is C15H20N4O. The third-order valence-electron chi connectivity index (χ3n) is 3.39. The zero-order valence-electron chi connectivity index (χ0n) is 12.0. The molecule has 2 rings (SSSR count). The van der Waals surface area contributed by atoms with Crippen molar-refractivity contribution in [2.75, 3.05) is 12.8 Å². The summed E-state index contributed by atoms with van der Waals surface area (Å²) in [4.78, 5) is 4.15. The molecule has 5 heteroatoms. The maximum Gasteiger partial charge on any atom is 0.128 e. The number of pyridine rings is 1. The average Bonchev–Trinajstić information content (AvgIpc) is 2.43. The molecule has 0 aliphatic carbocycles. The van der Waals surface area contributed by atoms with Crippen molar-refractivity contribution in [3.05, 3.63) is 52.7 Å². The van der Waals surface area contributed by atoms with Crippen molar-refractivity contribution in [2.24, 2.45) is 5.84 Å². The van der Waals surface area contributed by atoms with Crippen LogP contribution in [0.3, 0.4) is 0 Å². The molecule has 106 valence electrons. The summed E-state index contributed by atoms with van der Waals surface area (Å²) in [6.45, 7) is 4.00. The Morgan fingerprint density at radius 3 is 2.60 bits per heavy atom. The van der Waals surface area contributed by atoms with Crippen LogP contribution in [-0.2, 0) is 0 Å². The maximum absolute atomic E-state index is 6.01. The highest BCUT2D eigenvalue weighted by molar-refractivity contribution is 5.53. The molecule has 0 radical (unpaired) electrons. The highest BCUT2D eigenvalue weighted by atomic mass is 16.5. The van der Waals surface area contributed by atoms with Crippen molar-refractivity contribution in [2.45, 2.75) is 19.9 Å². The van der Waals surface area contributed by atoms with Crippen LogP contribution in [0.15, 0.2) is 30.5 Å². The van der Waals surface area contributed by atoms with Gasteiger partial charge in [-0.3, -0.25) is 5.84 Å². The van der Waals surface area contributed by atoms with Gasteiger partial charge in [0.25, 0.3) is 0 Å². The first-order valence-electron chi connectivity index (χ1n) is 6.40. The third-order valence-corrected chi connectivity index (χ3v) is 3.39. The van der Waals surface area contributed by atoms with Gasteiger partial charge in [0.1, 0.15) is 11.6 Å². The van der Waals surface area contributed by atoms with E-state index in [0.29, 0.717) is 5.82 Å². The van der Waals surface area contributed by atoms with Gasteiger partial charge in [0.05, 0.1) is 13.2 Å². The molecule has 2 aromatic rings. The van der Waals surface area contributed by atoms with Crippen LogP contribution in [0.2, 0.25) is 0 Å². The normalized spacial score (nSPS) is 12.2. The highest BCUT2D eigenvalue weighted by Crippen LogP contribution is 2.33. The molecule has 0 aliphatic rings. The predicted molar refractivity (Wildman–Crippen MR) is 80.3 cm³/mol. The number of methoxy groups -OCH3 is 1. The van der Waals surface area contributed by atoms with Gasteiger partial charge in [0.2, 0.25) is 0 Å². The Morgan fingerprint density at radius 1 is 1.25 bits per heavy atom. The largest absolute Gasteiger partial charge is 0.496 e. The van der Waals surface area contributed by atoms with Crippen LogP contribution in [0.4, 0.5) is 5.82 Å². The van der Waals surface area contributed by atoms with E-state index < -0.39 is 0 Å². The smallest absolute Gasteiger partial charge is 0.128 e. The first kappa shape index (κ1) is 14.3. The zero-order chi connectivity index (χ0) is 14.7. The lowest BCUT2D eigenvalue weighted by atomic mass is 9.94. The van der Waals surface area contributed by atoms with Crippen molar-refractivity contribution in [1.29, 1.82) is 0 Å². The second-order valence-electron chi connectivity index (χ2n) is 4.77. The Morgan fingerprint density at radius 2 is 2.00 bits per heavy atom. The Hall–Kier alpha value is -2.11. The SMILES string of the molecule is COc1cc(C)ccc1C(NN)c1c(C)ccnc1N. The zero-order valence-corrected chi connectivity index (χ0v) is 12.0. The molecule has 1 atom stereocenters. The molecule has 0 spiro atoms. The van der Waals surface area contributed by atoms with Gasteiger partial charge in [-0.1, -0.05) is 12.1 Å². The monoisotopic (exact) mass is 272 g/mol. The van der Waals surface area contributed by atoms with Crippen LogP contribution in [-0.4, -0.2) is 12.1 Å². The van der Waals surface area contributed by atoms with E-state index in [1.807, 2.05) is 38.1 Å². The number of anilines is 1. The molecule has 1 heterocycles. The molecule has 1 unspecified atom stereocenters. The van der Waals surface area contributed by atoms with E-state index in [2.05, 4.69) is 10.4 Å². The predicted octanol–water partition coefficient (Wildman–Crippen LogP) is 1.84. The summed E-state index contributed by atoms with van der Waals surface area (Å²) in [5.74, 6) is 6.99. The Labute approximate surface area is 118 Å². The number of hydrogen-bond acceptors (Lipinski definition) is 5. The molecule has 0 fully saturated rings. The van der Waals surface area contributed by atoms with Crippen molar-refractivity contribution >= 4 is 5.82 Å². The number of hydrogen-bond donors (Lipinski definition) is 3. The second-order valence-corrected chi connectivity index (χ2v) is 4.77. The summed E-state index contributed by atoms with van der Waals surface area (Å²) >= 11 is 0. The molecule has 0 saturated carbocycles. The molecule has 1 aromatic carbocycles. The topological polar surface area (TPSA) is 86.2 Å². The molecular weight excluding hydrogens is 252 g/mol. The Bertz CT molecular complexity index is 593. The summed E-state index contributed by atoms with van der Waals surface area (Å²) < 4.78 is 5.45. The van der Waals surface area contributed by atoms with E-state index in [1.54, 1.807) is 13.3 Å². The second kappa shape index (κ2) is 5.90. The average molecular weight is 272 g/mol. The van der Waals surface area contributed by atoms with Crippen LogP contribution < -0.4 is 21.7 Å². The fraction of sp³-hybridized carbons (Fsp3) is 0.267. The number of ether oxygens (including phenoxy) is 1. The Kier molecular flexibility index (Phi) is 4.22. The van der Waals surface area contributed by atoms with Gasteiger partial charge in [0, 0.05) is 17.3 Å². The molecule has 0 bridgehead atoms. The first-order chi connectivity index (χ1) is 9.58. The summed E-state index contributed by atoms with van der Waals surface area (Å²) in [6, 6.07) is 7.63. The fourth-order valence-corrected chi connectivity index (χ4v) is 2.35. The number of aryl methyl sites for hydroxylation is 2. The summed E-state index contributed by atoms with van der Waals surface area (Å²) in [5.41, 5.74) is 12.8. The fourth-order valence-electron chi connectivity index (χ4n) is 2.35. The number of nitrogens with zero attached hydrogens (tertiary/aromatic N) is 1. The number of aromatic nitrogens is 1. The van der Waals surface area contributed by atoms with Crippen molar-refractivity contribution in [3.63, 3.8) is 0 Å². The van der Waals surface area contributed by atoms with Gasteiger partial charge in [-0.15, -0.1) is 0 Å². The molecule has 0 amide bonds. The number of nitrogen functional groups attached to an aromatic ring is 1. The van der Waals surface area contributed by atoms with Gasteiger partial charge in [-0.05, 0) is 37.1 Å². The van der Waals surface area contributed by atoms with Gasteiger partial charge >= 0.3 is 0 Å². The lowest BCUT2D eigenvalue weighted by Crippen LogP contribution is -2.30. The van der Waals surface area contributed by atoms with Crippen molar-refractivity contribution < 1.29 is 4.74 Å².